The molecule has 20 heavy (non-hydrogen) atoms. The quantitative estimate of drug-likeness (QED) is 0.766. The molecule has 0 aliphatic rings. The fraction of sp³-hybridized carbons (Fsp3) is 0.385. The highest BCUT2D eigenvalue weighted by Crippen LogP contribution is 2.18. The molecule has 0 unspecified atom stereocenters. The normalized spacial score (nSPS) is 10.6. The van der Waals surface area contributed by atoms with E-state index in [0.717, 1.165) is 19.0 Å². The Kier molecular flexibility index (Phi) is 4.86. The molecule has 0 atom stereocenters. The molecule has 108 valence electrons. The first-order valence-corrected chi connectivity index (χ1v) is 6.50. The maximum absolute atomic E-state index is 13.6. The summed E-state index contributed by atoms with van der Waals surface area (Å²) in [6, 6.07) is 0.837. The number of anilines is 2. The molecule has 2 aromatic heterocycles. The number of aryl methyl sites for hydroxylation is 1. The molecule has 0 amide bonds. The molecule has 2 rings (SSSR count). The standard InChI is InChI=1S/C13H17F2N5/c1-2-17-12-10(14)8-11(15)13(19-12)18-4-3-6-20-7-5-16-9-20/h5,7-9H,2-4,6H2,1H3,(H2,17,18,19). The van der Waals surface area contributed by atoms with Gasteiger partial charge in [-0.2, -0.15) is 0 Å². The second-order valence-electron chi connectivity index (χ2n) is 4.26. The molecule has 0 saturated heterocycles. The van der Waals surface area contributed by atoms with Gasteiger partial charge in [0.25, 0.3) is 0 Å². The molecule has 7 heteroatoms. The Hall–Kier alpha value is -2.18. The van der Waals surface area contributed by atoms with Crippen molar-refractivity contribution in [2.45, 2.75) is 19.9 Å². The zero-order chi connectivity index (χ0) is 14.4. The van der Waals surface area contributed by atoms with Gasteiger partial charge < -0.3 is 15.2 Å². The molecule has 0 aliphatic carbocycles. The minimum Gasteiger partial charge on any atom is -0.368 e. The van der Waals surface area contributed by atoms with Crippen LogP contribution in [0, 0.1) is 11.6 Å². The average molecular weight is 281 g/mol. The second-order valence-corrected chi connectivity index (χ2v) is 4.26. The lowest BCUT2D eigenvalue weighted by molar-refractivity contribution is 0.576. The topological polar surface area (TPSA) is 54.8 Å². The highest BCUT2D eigenvalue weighted by atomic mass is 19.1. The number of imidazole rings is 1. The van der Waals surface area contributed by atoms with Gasteiger partial charge in [-0.05, 0) is 13.3 Å². The van der Waals surface area contributed by atoms with E-state index in [1.807, 2.05) is 17.7 Å². The van der Waals surface area contributed by atoms with Gasteiger partial charge in [-0.1, -0.05) is 0 Å². The highest BCUT2D eigenvalue weighted by Gasteiger charge is 2.10. The van der Waals surface area contributed by atoms with Gasteiger partial charge in [0.2, 0.25) is 0 Å². The van der Waals surface area contributed by atoms with Crippen LogP contribution in [0.5, 0.6) is 0 Å². The van der Waals surface area contributed by atoms with Gasteiger partial charge in [-0.25, -0.2) is 18.7 Å². The lowest BCUT2D eigenvalue weighted by Crippen LogP contribution is -2.11. The lowest BCUT2D eigenvalue weighted by Gasteiger charge is -2.10. The van der Waals surface area contributed by atoms with E-state index in [2.05, 4.69) is 20.6 Å². The summed E-state index contributed by atoms with van der Waals surface area (Å²) < 4.78 is 28.9. The number of hydrogen-bond donors (Lipinski definition) is 2. The van der Waals surface area contributed by atoms with Crippen molar-refractivity contribution in [1.82, 2.24) is 14.5 Å². The van der Waals surface area contributed by atoms with Crippen LogP contribution in [0.15, 0.2) is 24.8 Å². The number of pyridine rings is 1. The minimum absolute atomic E-state index is 0.0611. The maximum Gasteiger partial charge on any atom is 0.168 e. The van der Waals surface area contributed by atoms with Gasteiger partial charge in [-0.3, -0.25) is 0 Å². The molecule has 2 N–H and O–H groups in total. The van der Waals surface area contributed by atoms with Crippen molar-refractivity contribution in [3.05, 3.63) is 36.4 Å². The number of halogens is 2. The molecule has 0 fully saturated rings. The van der Waals surface area contributed by atoms with Gasteiger partial charge in [0.05, 0.1) is 6.33 Å². The first-order chi connectivity index (χ1) is 9.70. The molecule has 2 aromatic rings. The minimum atomic E-state index is -0.688. The number of hydrogen-bond acceptors (Lipinski definition) is 4. The summed E-state index contributed by atoms with van der Waals surface area (Å²) in [6.07, 6.45) is 6.07. The van der Waals surface area contributed by atoms with Crippen molar-refractivity contribution in [3.8, 4) is 0 Å². The number of nitrogens with zero attached hydrogens (tertiary/aromatic N) is 3. The van der Waals surface area contributed by atoms with Crippen molar-refractivity contribution in [2.75, 3.05) is 23.7 Å². The smallest absolute Gasteiger partial charge is 0.168 e. The summed E-state index contributed by atoms with van der Waals surface area (Å²) in [7, 11) is 0. The second kappa shape index (κ2) is 6.83. The van der Waals surface area contributed by atoms with Crippen LogP contribution in [0.2, 0.25) is 0 Å². The van der Waals surface area contributed by atoms with Crippen molar-refractivity contribution in [2.24, 2.45) is 0 Å². The Morgan fingerprint density at radius 1 is 1.20 bits per heavy atom. The van der Waals surface area contributed by atoms with E-state index < -0.39 is 11.6 Å². The van der Waals surface area contributed by atoms with Crippen LogP contribution in [-0.4, -0.2) is 27.6 Å². The highest BCUT2D eigenvalue weighted by molar-refractivity contribution is 5.47. The molecular formula is C13H17F2N5. The fourth-order valence-electron chi connectivity index (χ4n) is 1.77. The Bertz CT molecular complexity index is 542. The third-order valence-corrected chi connectivity index (χ3v) is 2.72. The van der Waals surface area contributed by atoms with E-state index in [0.29, 0.717) is 13.1 Å². The van der Waals surface area contributed by atoms with Gasteiger partial charge in [0.1, 0.15) is 0 Å². The monoisotopic (exact) mass is 281 g/mol. The lowest BCUT2D eigenvalue weighted by atomic mass is 10.3. The fourth-order valence-corrected chi connectivity index (χ4v) is 1.77. The first-order valence-electron chi connectivity index (χ1n) is 6.50. The van der Waals surface area contributed by atoms with Crippen LogP contribution in [0.3, 0.4) is 0 Å². The van der Waals surface area contributed by atoms with E-state index in [9.17, 15) is 8.78 Å². The number of nitrogens with one attached hydrogen (secondary N) is 2. The van der Waals surface area contributed by atoms with E-state index in [4.69, 9.17) is 0 Å². The summed E-state index contributed by atoms with van der Waals surface area (Å²) >= 11 is 0. The SMILES string of the molecule is CCNc1nc(NCCCn2ccnc2)c(F)cc1F. The Morgan fingerprint density at radius 3 is 2.60 bits per heavy atom. The molecule has 0 aromatic carbocycles. The van der Waals surface area contributed by atoms with Crippen LogP contribution in [0.1, 0.15) is 13.3 Å². The van der Waals surface area contributed by atoms with Crippen molar-refractivity contribution in [3.63, 3.8) is 0 Å². The van der Waals surface area contributed by atoms with Crippen molar-refractivity contribution in [1.29, 1.82) is 0 Å². The molecule has 0 saturated carbocycles. The molecule has 0 aliphatic heterocycles. The summed E-state index contributed by atoms with van der Waals surface area (Å²) in [5.74, 6) is -1.25. The predicted molar refractivity (Wildman–Crippen MR) is 73.7 cm³/mol. The van der Waals surface area contributed by atoms with Gasteiger partial charge in [0.15, 0.2) is 23.3 Å². The maximum atomic E-state index is 13.6. The third kappa shape index (κ3) is 3.66. The predicted octanol–water partition coefficient (Wildman–Crippen LogP) is 2.49. The molecule has 0 radical (unpaired) electrons. The largest absolute Gasteiger partial charge is 0.368 e. The third-order valence-electron chi connectivity index (χ3n) is 2.72. The summed E-state index contributed by atoms with van der Waals surface area (Å²) in [5.41, 5.74) is 0. The molecule has 0 spiro atoms. The van der Waals surface area contributed by atoms with E-state index in [1.54, 1.807) is 12.5 Å². The van der Waals surface area contributed by atoms with E-state index >= 15 is 0 Å². The van der Waals surface area contributed by atoms with Gasteiger partial charge >= 0.3 is 0 Å². The van der Waals surface area contributed by atoms with E-state index in [1.165, 1.54) is 0 Å². The Labute approximate surface area is 116 Å². The summed E-state index contributed by atoms with van der Waals surface area (Å²) in [6.45, 7) is 3.66. The zero-order valence-corrected chi connectivity index (χ0v) is 11.2. The molecule has 0 bridgehead atoms. The van der Waals surface area contributed by atoms with Crippen molar-refractivity contribution < 1.29 is 8.78 Å². The van der Waals surface area contributed by atoms with Crippen LogP contribution < -0.4 is 10.6 Å². The summed E-state index contributed by atoms with van der Waals surface area (Å²) in [5, 5.41) is 5.63. The first kappa shape index (κ1) is 14.2. The Balaban J connectivity index is 1.89. The number of rotatable bonds is 7. The molecule has 5 nitrogen and oxygen atoms in total. The van der Waals surface area contributed by atoms with Crippen LogP contribution in [0.25, 0.3) is 0 Å². The molecular weight excluding hydrogens is 264 g/mol. The van der Waals surface area contributed by atoms with Crippen LogP contribution >= 0.6 is 0 Å². The average Bonchev–Trinajstić information content (AvgIpc) is 2.92. The van der Waals surface area contributed by atoms with Crippen LogP contribution in [-0.2, 0) is 6.54 Å². The van der Waals surface area contributed by atoms with Gasteiger partial charge in [-0.15, -0.1) is 0 Å². The Morgan fingerprint density at radius 2 is 1.95 bits per heavy atom. The van der Waals surface area contributed by atoms with Gasteiger partial charge in [0, 0.05) is 38.1 Å². The van der Waals surface area contributed by atoms with Crippen LogP contribution in [0.4, 0.5) is 20.4 Å². The van der Waals surface area contributed by atoms with E-state index in [-0.39, 0.29) is 11.6 Å². The summed E-state index contributed by atoms with van der Waals surface area (Å²) in [4.78, 5) is 7.84. The van der Waals surface area contributed by atoms with Crippen molar-refractivity contribution >= 4 is 11.6 Å². The zero-order valence-electron chi connectivity index (χ0n) is 11.2. The molecule has 2 heterocycles. The number of aromatic nitrogens is 3.